The molecule has 1 fully saturated rings. The van der Waals surface area contributed by atoms with E-state index in [0.29, 0.717) is 17.3 Å². The lowest BCUT2D eigenvalue weighted by atomic mass is 10.1. The van der Waals surface area contributed by atoms with Crippen molar-refractivity contribution < 1.29 is 19.1 Å². The molecule has 1 amide bonds. The smallest absolute Gasteiger partial charge is 0.326 e. The molecule has 2 aromatic heterocycles. The first-order valence-corrected chi connectivity index (χ1v) is 8.00. The lowest BCUT2D eigenvalue weighted by Gasteiger charge is -2.12. The molecule has 2 heterocycles. The molecule has 0 aliphatic heterocycles. The maximum Gasteiger partial charge on any atom is 0.326 e. The molecule has 0 radical (unpaired) electrons. The number of amides is 1. The molecule has 0 saturated heterocycles. The Kier molecular flexibility index (Phi) is 3.98. The molecule has 1 aliphatic carbocycles. The Morgan fingerprint density at radius 2 is 2.32 bits per heavy atom. The fourth-order valence-electron chi connectivity index (χ4n) is 2.29. The molecule has 1 atom stereocenters. The third-order valence-electron chi connectivity index (χ3n) is 3.66. The second kappa shape index (κ2) is 5.92. The van der Waals surface area contributed by atoms with E-state index in [2.05, 4.69) is 10.3 Å². The van der Waals surface area contributed by atoms with E-state index in [4.69, 9.17) is 9.52 Å². The van der Waals surface area contributed by atoms with Crippen LogP contribution in [-0.2, 0) is 16.0 Å². The Labute approximate surface area is 131 Å². The second-order valence-electron chi connectivity index (χ2n) is 5.43. The zero-order chi connectivity index (χ0) is 15.7. The van der Waals surface area contributed by atoms with Gasteiger partial charge in [0.25, 0.3) is 0 Å². The fraction of sp³-hybridized carbons (Fsp3) is 0.400. The van der Waals surface area contributed by atoms with Crippen LogP contribution in [0.25, 0.3) is 11.5 Å². The standard InChI is InChI=1S/C15H16N2O4S/c1-8-11(16-14(21-8)10-4-5-22-7-10)6-12(18)17-13(15(19)20)9-2-3-9/h4-5,7,9,13H,2-3,6H2,1H3,(H,17,18)(H,19,20). The van der Waals surface area contributed by atoms with Crippen LogP contribution in [0.5, 0.6) is 0 Å². The minimum atomic E-state index is -0.980. The van der Waals surface area contributed by atoms with Crippen molar-refractivity contribution in [1.29, 1.82) is 0 Å². The lowest BCUT2D eigenvalue weighted by Crippen LogP contribution is -2.43. The number of carboxylic acid groups (broad SMARTS) is 1. The van der Waals surface area contributed by atoms with Crippen LogP contribution in [0, 0.1) is 12.8 Å². The van der Waals surface area contributed by atoms with Crippen molar-refractivity contribution in [1.82, 2.24) is 10.3 Å². The molecule has 6 nitrogen and oxygen atoms in total. The highest BCUT2D eigenvalue weighted by Gasteiger charge is 2.37. The van der Waals surface area contributed by atoms with Crippen molar-refractivity contribution in [3.8, 4) is 11.5 Å². The summed E-state index contributed by atoms with van der Waals surface area (Å²) in [5.41, 5.74) is 1.42. The molecule has 7 heteroatoms. The molecular formula is C15H16N2O4S. The van der Waals surface area contributed by atoms with Crippen LogP contribution < -0.4 is 5.32 Å². The molecule has 3 rings (SSSR count). The third-order valence-corrected chi connectivity index (χ3v) is 4.35. The van der Waals surface area contributed by atoms with Crippen LogP contribution in [-0.4, -0.2) is 28.0 Å². The molecule has 1 aliphatic rings. The molecule has 22 heavy (non-hydrogen) atoms. The second-order valence-corrected chi connectivity index (χ2v) is 6.21. The highest BCUT2D eigenvalue weighted by Crippen LogP contribution is 2.32. The Morgan fingerprint density at radius 3 is 2.91 bits per heavy atom. The first kappa shape index (κ1) is 14.8. The molecule has 0 bridgehead atoms. The van der Waals surface area contributed by atoms with Crippen molar-refractivity contribution in [2.24, 2.45) is 5.92 Å². The van der Waals surface area contributed by atoms with Crippen LogP contribution in [0.4, 0.5) is 0 Å². The Balaban J connectivity index is 1.67. The van der Waals surface area contributed by atoms with Crippen molar-refractivity contribution >= 4 is 23.2 Å². The van der Waals surface area contributed by atoms with Crippen molar-refractivity contribution in [2.75, 3.05) is 0 Å². The number of aliphatic carboxylic acids is 1. The van der Waals surface area contributed by atoms with E-state index in [9.17, 15) is 9.59 Å². The summed E-state index contributed by atoms with van der Waals surface area (Å²) in [5, 5.41) is 15.6. The van der Waals surface area contributed by atoms with Gasteiger partial charge in [-0.2, -0.15) is 11.3 Å². The highest BCUT2D eigenvalue weighted by atomic mass is 32.1. The largest absolute Gasteiger partial charge is 0.480 e. The highest BCUT2D eigenvalue weighted by molar-refractivity contribution is 7.08. The number of aryl methyl sites for hydroxylation is 1. The summed E-state index contributed by atoms with van der Waals surface area (Å²) in [6.07, 6.45) is 1.72. The number of carboxylic acids is 1. The quantitative estimate of drug-likeness (QED) is 0.851. The summed E-state index contributed by atoms with van der Waals surface area (Å²) in [5.74, 6) is -0.200. The zero-order valence-corrected chi connectivity index (χ0v) is 12.9. The van der Waals surface area contributed by atoms with E-state index >= 15 is 0 Å². The molecule has 0 spiro atoms. The van der Waals surface area contributed by atoms with Gasteiger partial charge in [-0.15, -0.1) is 0 Å². The summed E-state index contributed by atoms with van der Waals surface area (Å²) in [7, 11) is 0. The zero-order valence-electron chi connectivity index (χ0n) is 12.0. The summed E-state index contributed by atoms with van der Waals surface area (Å²) in [4.78, 5) is 27.5. The van der Waals surface area contributed by atoms with Gasteiger partial charge < -0.3 is 14.8 Å². The summed E-state index contributed by atoms with van der Waals surface area (Å²) < 4.78 is 5.57. The lowest BCUT2D eigenvalue weighted by molar-refractivity contribution is -0.142. The van der Waals surface area contributed by atoms with E-state index < -0.39 is 12.0 Å². The maximum atomic E-state index is 12.1. The normalized spacial score (nSPS) is 15.5. The van der Waals surface area contributed by atoms with Crippen molar-refractivity contribution in [2.45, 2.75) is 32.2 Å². The minimum absolute atomic E-state index is 0.0238. The number of thiophene rings is 1. The molecule has 0 aromatic carbocycles. The molecular weight excluding hydrogens is 304 g/mol. The number of nitrogens with zero attached hydrogens (tertiary/aromatic N) is 1. The van der Waals surface area contributed by atoms with Crippen LogP contribution >= 0.6 is 11.3 Å². The van der Waals surface area contributed by atoms with Crippen molar-refractivity contribution in [3.63, 3.8) is 0 Å². The molecule has 2 aromatic rings. The van der Waals surface area contributed by atoms with Gasteiger partial charge in [0.15, 0.2) is 0 Å². The predicted molar refractivity (Wildman–Crippen MR) is 80.5 cm³/mol. The molecule has 1 saturated carbocycles. The predicted octanol–water partition coefficient (Wildman–Crippen LogP) is 2.23. The van der Waals surface area contributed by atoms with Crippen LogP contribution in [0.15, 0.2) is 21.2 Å². The Bertz CT molecular complexity index is 688. The molecule has 116 valence electrons. The van der Waals surface area contributed by atoms with Gasteiger partial charge in [0.2, 0.25) is 11.8 Å². The Morgan fingerprint density at radius 1 is 1.55 bits per heavy atom. The van der Waals surface area contributed by atoms with Gasteiger partial charge in [-0.05, 0) is 37.1 Å². The van der Waals surface area contributed by atoms with Crippen LogP contribution in [0.1, 0.15) is 24.3 Å². The van der Waals surface area contributed by atoms with E-state index in [-0.39, 0.29) is 18.2 Å². The summed E-state index contributed by atoms with van der Waals surface area (Å²) >= 11 is 1.54. The average Bonchev–Trinajstić information content (AvgIpc) is 3.02. The van der Waals surface area contributed by atoms with E-state index in [0.717, 1.165) is 18.4 Å². The third kappa shape index (κ3) is 3.19. The Hall–Kier alpha value is -2.15. The maximum absolute atomic E-state index is 12.1. The average molecular weight is 320 g/mol. The first-order valence-electron chi connectivity index (χ1n) is 7.05. The topological polar surface area (TPSA) is 92.4 Å². The van der Waals surface area contributed by atoms with Gasteiger partial charge in [0, 0.05) is 10.9 Å². The number of carbonyl (C=O) groups excluding carboxylic acids is 1. The number of hydrogen-bond acceptors (Lipinski definition) is 5. The summed E-state index contributed by atoms with van der Waals surface area (Å²) in [6.45, 7) is 1.75. The van der Waals surface area contributed by atoms with Gasteiger partial charge >= 0.3 is 5.97 Å². The molecule has 1 unspecified atom stereocenters. The number of hydrogen-bond donors (Lipinski definition) is 2. The van der Waals surface area contributed by atoms with E-state index in [1.165, 1.54) is 0 Å². The van der Waals surface area contributed by atoms with Gasteiger partial charge in [-0.25, -0.2) is 9.78 Å². The van der Waals surface area contributed by atoms with Gasteiger partial charge in [-0.3, -0.25) is 4.79 Å². The van der Waals surface area contributed by atoms with Gasteiger partial charge in [-0.1, -0.05) is 0 Å². The van der Waals surface area contributed by atoms with E-state index in [1.807, 2.05) is 16.8 Å². The number of nitrogens with one attached hydrogen (secondary N) is 1. The SMILES string of the molecule is Cc1oc(-c2ccsc2)nc1CC(=O)NC(C(=O)O)C1CC1. The van der Waals surface area contributed by atoms with Gasteiger partial charge in [0.05, 0.1) is 12.1 Å². The number of oxazole rings is 1. The number of rotatable bonds is 6. The minimum Gasteiger partial charge on any atom is -0.480 e. The van der Waals surface area contributed by atoms with E-state index in [1.54, 1.807) is 18.3 Å². The summed E-state index contributed by atoms with van der Waals surface area (Å²) in [6, 6.07) is 1.10. The fourth-order valence-corrected chi connectivity index (χ4v) is 2.92. The van der Waals surface area contributed by atoms with Crippen molar-refractivity contribution in [3.05, 3.63) is 28.3 Å². The molecule has 2 N–H and O–H groups in total. The van der Waals surface area contributed by atoms with Crippen LogP contribution in [0.2, 0.25) is 0 Å². The number of carbonyl (C=O) groups is 2. The number of aromatic nitrogens is 1. The van der Waals surface area contributed by atoms with Gasteiger partial charge in [0.1, 0.15) is 11.8 Å². The van der Waals surface area contributed by atoms with Crippen LogP contribution in [0.3, 0.4) is 0 Å². The monoisotopic (exact) mass is 320 g/mol. The first-order chi connectivity index (χ1) is 10.5.